The van der Waals surface area contributed by atoms with Crippen molar-refractivity contribution in [3.63, 3.8) is 0 Å². The van der Waals surface area contributed by atoms with Crippen molar-refractivity contribution in [2.45, 2.75) is 63.5 Å². The number of aliphatic hydroxyl groups excluding tert-OH is 1. The maximum absolute atomic E-state index is 14.3. The molecule has 2 aliphatic rings. The summed E-state index contributed by atoms with van der Waals surface area (Å²) < 4.78 is 1.66. The Labute approximate surface area is 282 Å². The van der Waals surface area contributed by atoms with Gasteiger partial charge in [0.15, 0.2) is 0 Å². The summed E-state index contributed by atoms with van der Waals surface area (Å²) in [5.74, 6) is -2.07. The molecule has 14 heteroatoms. The number of nitrogens with zero attached hydrogens (tertiary/aromatic N) is 4. The lowest BCUT2D eigenvalue weighted by atomic mass is 10.0. The molecular formula is C35H40N8O6. The summed E-state index contributed by atoms with van der Waals surface area (Å²) in [6.45, 7) is 2.58. The second-order valence-electron chi connectivity index (χ2n) is 12.7. The molecular weight excluding hydrogens is 628 g/mol. The van der Waals surface area contributed by atoms with E-state index in [0.717, 1.165) is 16.5 Å². The number of imidazole rings is 1. The van der Waals surface area contributed by atoms with Crippen LogP contribution in [0.1, 0.15) is 36.3 Å². The minimum absolute atomic E-state index is 0.0255. The van der Waals surface area contributed by atoms with E-state index in [1.807, 2.05) is 30.3 Å². The number of hydrogen-bond donors (Lipinski definition) is 5. The van der Waals surface area contributed by atoms with Gasteiger partial charge < -0.3 is 40.4 Å². The lowest BCUT2D eigenvalue weighted by Gasteiger charge is -2.30. The van der Waals surface area contributed by atoms with E-state index in [1.165, 1.54) is 16.7 Å². The van der Waals surface area contributed by atoms with Crippen molar-refractivity contribution in [3.05, 3.63) is 90.1 Å². The van der Waals surface area contributed by atoms with Gasteiger partial charge in [0.25, 0.3) is 0 Å². The van der Waals surface area contributed by atoms with E-state index in [-0.39, 0.29) is 32.5 Å². The standard InChI is InChI=1S/C35H40N8O6/c1-21-33(47)40-29(23-8-4-3-5-9-23)18-42(32(46)20-41-13-12-36-22(41)2)19-31(45)39-28(14-24-16-37-27-11-7-6-10-26(24)27)35(49)43-17-25(44)15-30(43)34(48)38-21/h3-13,16,21,25,28-30,37,44H,14-15,17-20H2,1-2H3,(H,38,48)(H,39,45)(H,40,47)/t21-,25+,28+,29-,30-/m0/s1. The first-order valence-electron chi connectivity index (χ1n) is 16.3. The molecule has 4 aromatic rings. The zero-order valence-electron chi connectivity index (χ0n) is 27.3. The van der Waals surface area contributed by atoms with Gasteiger partial charge in [-0.3, -0.25) is 24.0 Å². The van der Waals surface area contributed by atoms with Gasteiger partial charge in [-0.15, -0.1) is 0 Å². The average molecular weight is 669 g/mol. The minimum Gasteiger partial charge on any atom is -0.391 e. The van der Waals surface area contributed by atoms with Gasteiger partial charge in [0.1, 0.15) is 30.5 Å². The molecule has 14 nitrogen and oxygen atoms in total. The number of benzene rings is 2. The van der Waals surface area contributed by atoms with Gasteiger partial charge in [-0.25, -0.2) is 4.98 Å². The second kappa shape index (κ2) is 14.3. The monoisotopic (exact) mass is 668 g/mol. The van der Waals surface area contributed by atoms with Crippen LogP contribution < -0.4 is 16.0 Å². The van der Waals surface area contributed by atoms with Gasteiger partial charge in [-0.05, 0) is 31.0 Å². The quantitative estimate of drug-likeness (QED) is 0.206. The molecule has 256 valence electrons. The number of aromatic amines is 1. The van der Waals surface area contributed by atoms with Gasteiger partial charge in [-0.1, -0.05) is 48.5 Å². The Kier molecular flexibility index (Phi) is 9.76. The van der Waals surface area contributed by atoms with Crippen molar-refractivity contribution in [1.82, 2.24) is 40.3 Å². The first-order valence-corrected chi connectivity index (χ1v) is 16.3. The maximum Gasteiger partial charge on any atom is 0.246 e. The van der Waals surface area contributed by atoms with Crippen LogP contribution in [0.2, 0.25) is 0 Å². The Morgan fingerprint density at radius 3 is 2.47 bits per heavy atom. The Hall–Kier alpha value is -5.50. The van der Waals surface area contributed by atoms with Gasteiger partial charge in [0.05, 0.1) is 18.7 Å². The first kappa shape index (κ1) is 33.4. The van der Waals surface area contributed by atoms with Crippen molar-refractivity contribution < 1.29 is 29.1 Å². The summed E-state index contributed by atoms with van der Waals surface area (Å²) in [6, 6.07) is 12.6. The van der Waals surface area contributed by atoms with Crippen LogP contribution in [0.25, 0.3) is 10.9 Å². The second-order valence-corrected chi connectivity index (χ2v) is 12.7. The van der Waals surface area contributed by atoms with Crippen LogP contribution in [-0.4, -0.2) is 103 Å². The third-order valence-corrected chi connectivity index (χ3v) is 9.19. The topological polar surface area (TPSA) is 182 Å². The third-order valence-electron chi connectivity index (χ3n) is 9.19. The number of carbonyl (C=O) groups excluding carboxylic acids is 5. The average Bonchev–Trinajstić information content (AvgIpc) is 3.81. The molecule has 49 heavy (non-hydrogen) atoms. The molecule has 0 aliphatic carbocycles. The molecule has 0 saturated carbocycles. The fourth-order valence-corrected chi connectivity index (χ4v) is 6.52. The number of aromatic nitrogens is 3. The van der Waals surface area contributed by atoms with Crippen LogP contribution in [0.15, 0.2) is 73.2 Å². The van der Waals surface area contributed by atoms with E-state index in [4.69, 9.17) is 0 Å². The number of rotatable bonds is 5. The summed E-state index contributed by atoms with van der Waals surface area (Å²) in [5.41, 5.74) is 2.31. The zero-order chi connectivity index (χ0) is 34.7. The molecule has 2 fully saturated rings. The van der Waals surface area contributed by atoms with Crippen LogP contribution >= 0.6 is 0 Å². The highest BCUT2D eigenvalue weighted by Gasteiger charge is 2.42. The van der Waals surface area contributed by atoms with Gasteiger partial charge in [0.2, 0.25) is 29.5 Å². The van der Waals surface area contributed by atoms with E-state index in [1.54, 1.807) is 54.3 Å². The molecule has 0 spiro atoms. The van der Waals surface area contributed by atoms with Crippen LogP contribution in [-0.2, 0) is 36.9 Å². The van der Waals surface area contributed by atoms with Crippen molar-refractivity contribution in [3.8, 4) is 0 Å². The normalized spacial score (nSPS) is 24.1. The highest BCUT2D eigenvalue weighted by molar-refractivity contribution is 5.96. The molecule has 4 heterocycles. The fraction of sp³-hybridized carbons (Fsp3) is 0.371. The highest BCUT2D eigenvalue weighted by Crippen LogP contribution is 2.24. The number of fused-ring (bicyclic) bond motifs is 2. The summed E-state index contributed by atoms with van der Waals surface area (Å²) >= 11 is 0. The van der Waals surface area contributed by atoms with E-state index < -0.39 is 66.4 Å². The van der Waals surface area contributed by atoms with E-state index in [2.05, 4.69) is 25.9 Å². The number of aliphatic hydroxyl groups is 1. The van der Waals surface area contributed by atoms with E-state index in [9.17, 15) is 29.1 Å². The predicted molar refractivity (Wildman–Crippen MR) is 179 cm³/mol. The molecule has 2 aromatic carbocycles. The van der Waals surface area contributed by atoms with Crippen molar-refractivity contribution >= 4 is 40.4 Å². The van der Waals surface area contributed by atoms with Gasteiger partial charge in [0, 0.05) is 55.4 Å². The molecule has 6 rings (SSSR count). The van der Waals surface area contributed by atoms with Crippen molar-refractivity contribution in [1.29, 1.82) is 0 Å². The number of para-hydroxylation sites is 1. The Morgan fingerprint density at radius 2 is 1.71 bits per heavy atom. The molecule has 5 amide bonds. The number of aryl methyl sites for hydroxylation is 1. The summed E-state index contributed by atoms with van der Waals surface area (Å²) in [7, 11) is 0. The Balaban J connectivity index is 1.38. The minimum atomic E-state index is -1.13. The molecule has 0 unspecified atom stereocenters. The Bertz CT molecular complexity index is 1850. The van der Waals surface area contributed by atoms with Gasteiger partial charge >= 0.3 is 0 Å². The number of nitrogens with one attached hydrogen (secondary N) is 4. The molecule has 5 atom stereocenters. The molecule has 0 bridgehead atoms. The summed E-state index contributed by atoms with van der Waals surface area (Å²) in [4.78, 5) is 79.1. The molecule has 2 aliphatic heterocycles. The lowest BCUT2D eigenvalue weighted by Crippen LogP contribution is -2.56. The van der Waals surface area contributed by atoms with Crippen molar-refractivity contribution in [2.75, 3.05) is 19.6 Å². The molecule has 0 radical (unpaired) electrons. The molecule has 2 saturated heterocycles. The summed E-state index contributed by atoms with van der Waals surface area (Å²) in [6.07, 6.45) is 4.10. The molecule has 2 aromatic heterocycles. The number of hydrogen-bond acceptors (Lipinski definition) is 7. The Morgan fingerprint density at radius 1 is 0.959 bits per heavy atom. The number of H-pyrrole nitrogens is 1. The van der Waals surface area contributed by atoms with Crippen molar-refractivity contribution in [2.24, 2.45) is 0 Å². The fourth-order valence-electron chi connectivity index (χ4n) is 6.52. The first-order chi connectivity index (χ1) is 23.6. The van der Waals surface area contributed by atoms with E-state index in [0.29, 0.717) is 11.4 Å². The maximum atomic E-state index is 14.3. The number of carbonyl (C=O) groups is 5. The smallest absolute Gasteiger partial charge is 0.246 e. The van der Waals surface area contributed by atoms with Gasteiger partial charge in [-0.2, -0.15) is 0 Å². The zero-order valence-corrected chi connectivity index (χ0v) is 27.3. The lowest BCUT2D eigenvalue weighted by molar-refractivity contribution is -0.142. The van der Waals surface area contributed by atoms with Crippen LogP contribution in [0.5, 0.6) is 0 Å². The van der Waals surface area contributed by atoms with Crippen LogP contribution in [0, 0.1) is 6.92 Å². The predicted octanol–water partition coefficient (Wildman–Crippen LogP) is 0.567. The van der Waals surface area contributed by atoms with E-state index >= 15 is 0 Å². The van der Waals surface area contributed by atoms with Crippen LogP contribution in [0.4, 0.5) is 0 Å². The third kappa shape index (κ3) is 7.49. The largest absolute Gasteiger partial charge is 0.391 e. The highest BCUT2D eigenvalue weighted by atomic mass is 16.3. The van der Waals surface area contributed by atoms with Crippen LogP contribution in [0.3, 0.4) is 0 Å². The summed E-state index contributed by atoms with van der Waals surface area (Å²) in [5, 5.41) is 20.0. The number of amides is 5. The molecule has 5 N–H and O–H groups in total. The SMILES string of the molecule is Cc1nccn1CC(=O)N1CC(=O)N[C@H](Cc2c[nH]c3ccccc23)C(=O)N2C[C@H](O)C[C@H]2C(=O)N[C@@H](C)C(=O)N[C@H](c2ccccc2)C1.